The summed E-state index contributed by atoms with van der Waals surface area (Å²) in [4.78, 5) is 0. The van der Waals surface area contributed by atoms with Crippen molar-refractivity contribution in [3.63, 3.8) is 0 Å². The van der Waals surface area contributed by atoms with Crippen LogP contribution < -0.4 is 0 Å². The molecule has 71 heavy (non-hydrogen) atoms. The number of hydrogen-bond acceptors (Lipinski definition) is 0. The van der Waals surface area contributed by atoms with Crippen LogP contribution in [-0.4, -0.2) is 0 Å². The van der Waals surface area contributed by atoms with Gasteiger partial charge in [0.1, 0.15) is 0 Å². The lowest BCUT2D eigenvalue weighted by Crippen LogP contribution is -2.26. The topological polar surface area (TPSA) is 0 Å². The fourth-order valence-electron chi connectivity index (χ4n) is 13.8. The summed E-state index contributed by atoms with van der Waals surface area (Å²) in [6, 6.07) is 96.3. The first-order chi connectivity index (χ1) is 35.3. The minimum absolute atomic E-state index is 0.530. The molecule has 2 aliphatic rings. The Morgan fingerprint density at radius 3 is 1.21 bits per heavy atom. The van der Waals surface area contributed by atoms with Crippen molar-refractivity contribution in [1.29, 1.82) is 0 Å². The summed E-state index contributed by atoms with van der Waals surface area (Å²) in [6.07, 6.45) is 0. The molecule has 0 aromatic heterocycles. The maximum Gasteiger partial charge on any atom is 0.0737 e. The van der Waals surface area contributed by atoms with Gasteiger partial charge >= 0.3 is 0 Å². The monoisotopic (exact) mass is 894 g/mol. The van der Waals surface area contributed by atoms with E-state index in [0.717, 1.165) is 0 Å². The highest BCUT2D eigenvalue weighted by atomic mass is 14.5. The standard InChI is InChI=1S/C71H42/c1-2-23-46-44(20-1)41-62(50-27-4-3-24-47(46)50)67-57-34-11-9-32-55(57)66(56-33-10-12-35-58(56)67)45-22-19-21-43(40-45)61-42-63-68-54-31-8-5-25-48(54)49-26-6-14-37-60(49)70(68)71(69(63)59-36-13-7-28-51(59)61)64-38-17-15-29-52(64)53-30-16-18-39-65(53)71/h1-42H. The van der Waals surface area contributed by atoms with Crippen LogP contribution >= 0.6 is 0 Å². The van der Waals surface area contributed by atoms with Gasteiger partial charge in [0.25, 0.3) is 0 Å². The molecule has 16 rings (SSSR count). The van der Waals surface area contributed by atoms with E-state index in [0.29, 0.717) is 0 Å². The molecule has 0 heterocycles. The predicted octanol–water partition coefficient (Wildman–Crippen LogP) is 19.1. The number of benzene rings is 14. The first-order valence-electron chi connectivity index (χ1n) is 24.9. The average molecular weight is 895 g/mol. The van der Waals surface area contributed by atoms with Crippen LogP contribution in [0.2, 0.25) is 0 Å². The zero-order chi connectivity index (χ0) is 46.4. The Kier molecular flexibility index (Phi) is 7.91. The fourth-order valence-corrected chi connectivity index (χ4v) is 13.8. The molecule has 0 nitrogen and oxygen atoms in total. The summed E-state index contributed by atoms with van der Waals surface area (Å²) in [5.41, 5.74) is 17.7. The molecule has 1 spiro atoms. The van der Waals surface area contributed by atoms with Gasteiger partial charge in [-0.05, 0) is 171 Å². The molecule has 0 amide bonds. The maximum absolute atomic E-state index is 2.57. The first-order valence-corrected chi connectivity index (χ1v) is 24.9. The molecule has 326 valence electrons. The molecule has 0 atom stereocenters. The van der Waals surface area contributed by atoms with Crippen molar-refractivity contribution in [2.45, 2.75) is 5.41 Å². The van der Waals surface area contributed by atoms with Gasteiger partial charge in [-0.2, -0.15) is 0 Å². The van der Waals surface area contributed by atoms with Gasteiger partial charge < -0.3 is 0 Å². The van der Waals surface area contributed by atoms with Crippen LogP contribution in [0.15, 0.2) is 255 Å². The molecular formula is C71H42. The summed E-state index contributed by atoms with van der Waals surface area (Å²) >= 11 is 0. The number of hydrogen-bond donors (Lipinski definition) is 0. The van der Waals surface area contributed by atoms with Gasteiger partial charge in [0, 0.05) is 0 Å². The second-order valence-electron chi connectivity index (χ2n) is 19.7. The van der Waals surface area contributed by atoms with Crippen LogP contribution in [0, 0.1) is 0 Å². The Balaban J connectivity index is 0.996. The molecule has 0 aliphatic heterocycles. The van der Waals surface area contributed by atoms with Crippen molar-refractivity contribution < 1.29 is 0 Å². The smallest absolute Gasteiger partial charge is 0.0619 e. The maximum atomic E-state index is 2.57. The molecule has 0 N–H and O–H groups in total. The molecule has 0 fully saturated rings. The molecule has 0 saturated heterocycles. The van der Waals surface area contributed by atoms with Crippen molar-refractivity contribution in [3.8, 4) is 55.6 Å². The molecule has 0 radical (unpaired) electrons. The van der Waals surface area contributed by atoms with Gasteiger partial charge in [0.2, 0.25) is 0 Å². The van der Waals surface area contributed by atoms with E-state index in [1.165, 1.54) is 153 Å². The third-order valence-corrected chi connectivity index (χ3v) is 16.4. The van der Waals surface area contributed by atoms with Crippen molar-refractivity contribution in [1.82, 2.24) is 0 Å². The van der Waals surface area contributed by atoms with Gasteiger partial charge in [-0.3, -0.25) is 0 Å². The summed E-state index contributed by atoms with van der Waals surface area (Å²) < 4.78 is 0. The van der Waals surface area contributed by atoms with Crippen LogP contribution in [-0.2, 0) is 5.41 Å². The van der Waals surface area contributed by atoms with E-state index in [1.54, 1.807) is 0 Å². The number of fused-ring (bicyclic) bond motifs is 22. The van der Waals surface area contributed by atoms with Gasteiger partial charge in [-0.1, -0.05) is 237 Å². The zero-order valence-corrected chi connectivity index (χ0v) is 38.7. The molecule has 0 saturated carbocycles. The lowest BCUT2D eigenvalue weighted by Gasteiger charge is -2.33. The summed E-state index contributed by atoms with van der Waals surface area (Å²) in [5.74, 6) is 0. The SMILES string of the molecule is c1cc(-c2cc3c(c4ccccc24)C2(c4ccccc4-c4ccccc42)c2c-3c3ccccc3c3ccccc23)cc(-c2c3ccccc3c(-c3cc4ccccc4c4ccccc34)c3ccccc23)c1. The van der Waals surface area contributed by atoms with Gasteiger partial charge in [0.15, 0.2) is 0 Å². The Morgan fingerprint density at radius 2 is 0.606 bits per heavy atom. The minimum atomic E-state index is -0.530. The quantitative estimate of drug-likeness (QED) is 0.122. The molecule has 0 bridgehead atoms. The minimum Gasteiger partial charge on any atom is -0.0619 e. The molecule has 0 heteroatoms. The van der Waals surface area contributed by atoms with E-state index in [1.807, 2.05) is 0 Å². The molecule has 2 aliphatic carbocycles. The van der Waals surface area contributed by atoms with Gasteiger partial charge in [-0.25, -0.2) is 0 Å². The van der Waals surface area contributed by atoms with E-state index in [4.69, 9.17) is 0 Å². The van der Waals surface area contributed by atoms with Crippen LogP contribution in [0.5, 0.6) is 0 Å². The van der Waals surface area contributed by atoms with Gasteiger partial charge in [0.05, 0.1) is 5.41 Å². The van der Waals surface area contributed by atoms with E-state index >= 15 is 0 Å². The Morgan fingerprint density at radius 1 is 0.197 bits per heavy atom. The van der Waals surface area contributed by atoms with Crippen molar-refractivity contribution in [3.05, 3.63) is 277 Å². The summed E-state index contributed by atoms with van der Waals surface area (Å²) in [7, 11) is 0. The normalized spacial score (nSPS) is 13.2. The fraction of sp³-hybridized carbons (Fsp3) is 0.0141. The van der Waals surface area contributed by atoms with Crippen molar-refractivity contribution in [2.75, 3.05) is 0 Å². The summed E-state index contributed by atoms with van der Waals surface area (Å²) in [6.45, 7) is 0. The second-order valence-corrected chi connectivity index (χ2v) is 19.7. The average Bonchev–Trinajstić information content (AvgIpc) is 3.95. The Labute approximate surface area is 411 Å². The molecule has 14 aromatic rings. The van der Waals surface area contributed by atoms with E-state index < -0.39 is 5.41 Å². The largest absolute Gasteiger partial charge is 0.0737 e. The van der Waals surface area contributed by atoms with Crippen LogP contribution in [0.25, 0.3) is 131 Å². The second kappa shape index (κ2) is 14.5. The highest BCUT2D eigenvalue weighted by Gasteiger charge is 2.54. The Bertz CT molecular complexity index is 4540. The molecule has 0 unspecified atom stereocenters. The van der Waals surface area contributed by atoms with Crippen LogP contribution in [0.3, 0.4) is 0 Å². The lowest BCUT2D eigenvalue weighted by atomic mass is 9.68. The lowest BCUT2D eigenvalue weighted by molar-refractivity contribution is 0.809. The Hall–Kier alpha value is -9.10. The number of rotatable bonds is 3. The molecule has 14 aromatic carbocycles. The highest BCUT2D eigenvalue weighted by Crippen LogP contribution is 2.67. The third-order valence-electron chi connectivity index (χ3n) is 16.4. The summed E-state index contributed by atoms with van der Waals surface area (Å²) in [5, 5.41) is 17.9. The van der Waals surface area contributed by atoms with E-state index in [-0.39, 0.29) is 0 Å². The molecular weight excluding hydrogens is 853 g/mol. The highest BCUT2D eigenvalue weighted by molar-refractivity contribution is 6.27. The van der Waals surface area contributed by atoms with E-state index in [9.17, 15) is 0 Å². The van der Waals surface area contributed by atoms with Crippen LogP contribution in [0.4, 0.5) is 0 Å². The first kappa shape index (κ1) is 38.8. The predicted molar refractivity (Wildman–Crippen MR) is 302 cm³/mol. The zero-order valence-electron chi connectivity index (χ0n) is 38.7. The van der Waals surface area contributed by atoms with E-state index in [2.05, 4.69) is 255 Å². The van der Waals surface area contributed by atoms with Gasteiger partial charge in [-0.15, -0.1) is 0 Å². The van der Waals surface area contributed by atoms with Crippen molar-refractivity contribution in [2.24, 2.45) is 0 Å². The third kappa shape index (κ3) is 5.08. The van der Waals surface area contributed by atoms with Crippen molar-refractivity contribution >= 4 is 75.4 Å². The van der Waals surface area contributed by atoms with Crippen LogP contribution in [0.1, 0.15) is 22.3 Å².